The van der Waals surface area contributed by atoms with Crippen LogP contribution in [0.5, 0.6) is 0 Å². The zero-order chi connectivity index (χ0) is 18.0. The van der Waals surface area contributed by atoms with Crippen LogP contribution in [0.15, 0.2) is 36.5 Å². The molecule has 25 heavy (non-hydrogen) atoms. The number of aryl methyl sites for hydroxylation is 2. The molecular formula is C18H21N3O3S. The van der Waals surface area contributed by atoms with Gasteiger partial charge in [0.25, 0.3) is 5.91 Å². The number of hydrogen-bond acceptors (Lipinski definition) is 5. The zero-order valence-corrected chi connectivity index (χ0v) is 15.1. The lowest BCUT2D eigenvalue weighted by Crippen LogP contribution is -2.36. The summed E-state index contributed by atoms with van der Waals surface area (Å²) in [5, 5.41) is 5.98. The van der Waals surface area contributed by atoms with E-state index in [4.69, 9.17) is 0 Å². The summed E-state index contributed by atoms with van der Waals surface area (Å²) in [5.41, 5.74) is 4.43. The molecule has 1 unspecified atom stereocenters. The standard InChI is InChI=1S/C18H21N3O3S/c1-12-3-4-14(9-13(12)2)20-15-5-6-17(19-10-15)18(22)21-16-7-8-25(23,24)11-16/h3-6,9-10,16,20H,7-8,11H2,1-2H3,(H,21,22). The van der Waals surface area contributed by atoms with Gasteiger partial charge in [0.05, 0.1) is 23.4 Å². The first-order valence-corrected chi connectivity index (χ1v) is 9.96. The number of pyridine rings is 1. The Kier molecular flexibility index (Phi) is 4.76. The quantitative estimate of drug-likeness (QED) is 0.875. The van der Waals surface area contributed by atoms with Crippen molar-refractivity contribution in [2.24, 2.45) is 0 Å². The van der Waals surface area contributed by atoms with Crippen molar-refractivity contribution in [3.8, 4) is 0 Å². The third-order valence-electron chi connectivity index (χ3n) is 4.36. The molecule has 7 heteroatoms. The van der Waals surface area contributed by atoms with Gasteiger partial charge >= 0.3 is 0 Å². The average molecular weight is 359 g/mol. The molecule has 3 rings (SSSR count). The van der Waals surface area contributed by atoms with Crippen LogP contribution in [0.4, 0.5) is 11.4 Å². The maximum absolute atomic E-state index is 12.2. The molecule has 1 aromatic carbocycles. The lowest BCUT2D eigenvalue weighted by atomic mass is 10.1. The number of nitrogens with one attached hydrogen (secondary N) is 2. The van der Waals surface area contributed by atoms with E-state index in [1.54, 1.807) is 18.3 Å². The highest BCUT2D eigenvalue weighted by atomic mass is 32.2. The molecule has 1 amide bonds. The highest BCUT2D eigenvalue weighted by Gasteiger charge is 2.29. The van der Waals surface area contributed by atoms with Crippen LogP contribution < -0.4 is 10.6 Å². The largest absolute Gasteiger partial charge is 0.354 e. The molecule has 2 N–H and O–H groups in total. The lowest BCUT2D eigenvalue weighted by molar-refractivity contribution is 0.0936. The Morgan fingerprint density at radius 1 is 1.12 bits per heavy atom. The number of amides is 1. The van der Waals surface area contributed by atoms with Gasteiger partial charge in [0.2, 0.25) is 0 Å². The molecule has 0 bridgehead atoms. The van der Waals surface area contributed by atoms with Gasteiger partial charge < -0.3 is 10.6 Å². The third-order valence-corrected chi connectivity index (χ3v) is 6.13. The second kappa shape index (κ2) is 6.84. The molecule has 1 atom stereocenters. The van der Waals surface area contributed by atoms with Crippen molar-refractivity contribution in [3.63, 3.8) is 0 Å². The maximum atomic E-state index is 12.2. The zero-order valence-electron chi connectivity index (χ0n) is 14.2. The summed E-state index contributed by atoms with van der Waals surface area (Å²) >= 11 is 0. The Balaban J connectivity index is 1.63. The van der Waals surface area contributed by atoms with Crippen molar-refractivity contribution in [3.05, 3.63) is 53.3 Å². The number of carbonyl (C=O) groups excluding carboxylic acids is 1. The summed E-state index contributed by atoms with van der Waals surface area (Å²) in [5.74, 6) is -0.213. The molecule has 132 valence electrons. The molecule has 0 radical (unpaired) electrons. The van der Waals surface area contributed by atoms with Gasteiger partial charge in [-0.15, -0.1) is 0 Å². The number of sulfone groups is 1. The van der Waals surface area contributed by atoms with Crippen molar-refractivity contribution in [1.82, 2.24) is 10.3 Å². The molecule has 0 aliphatic carbocycles. The molecule has 1 aromatic heterocycles. The van der Waals surface area contributed by atoms with Gasteiger partial charge in [-0.1, -0.05) is 6.07 Å². The van der Waals surface area contributed by atoms with Crippen molar-refractivity contribution in [2.45, 2.75) is 26.3 Å². The van der Waals surface area contributed by atoms with E-state index in [1.807, 2.05) is 12.1 Å². The maximum Gasteiger partial charge on any atom is 0.270 e. The smallest absolute Gasteiger partial charge is 0.270 e. The van der Waals surface area contributed by atoms with Crippen molar-refractivity contribution in [1.29, 1.82) is 0 Å². The molecule has 1 saturated heterocycles. The lowest BCUT2D eigenvalue weighted by Gasteiger charge is -2.11. The Morgan fingerprint density at radius 2 is 1.88 bits per heavy atom. The van der Waals surface area contributed by atoms with Gasteiger partial charge in [-0.2, -0.15) is 0 Å². The fourth-order valence-electron chi connectivity index (χ4n) is 2.76. The van der Waals surface area contributed by atoms with Crippen LogP contribution in [0, 0.1) is 13.8 Å². The second-order valence-electron chi connectivity index (χ2n) is 6.43. The monoisotopic (exact) mass is 359 g/mol. The number of benzene rings is 1. The van der Waals surface area contributed by atoms with E-state index in [2.05, 4.69) is 35.5 Å². The Bertz CT molecular complexity index is 892. The van der Waals surface area contributed by atoms with Crippen LogP contribution in [0.3, 0.4) is 0 Å². The Morgan fingerprint density at radius 3 is 2.48 bits per heavy atom. The molecule has 1 aliphatic heterocycles. The molecular weight excluding hydrogens is 338 g/mol. The number of hydrogen-bond donors (Lipinski definition) is 2. The van der Waals surface area contributed by atoms with Crippen molar-refractivity contribution in [2.75, 3.05) is 16.8 Å². The van der Waals surface area contributed by atoms with Crippen LogP contribution in [-0.2, 0) is 9.84 Å². The number of nitrogens with zero attached hydrogens (tertiary/aromatic N) is 1. The minimum atomic E-state index is -3.02. The summed E-state index contributed by atoms with van der Waals surface area (Å²) in [6.45, 7) is 4.11. The Hall–Kier alpha value is -2.41. The van der Waals surface area contributed by atoms with E-state index in [0.29, 0.717) is 6.42 Å². The SMILES string of the molecule is Cc1ccc(Nc2ccc(C(=O)NC3CCS(=O)(=O)C3)nc2)cc1C. The van der Waals surface area contributed by atoms with Crippen LogP contribution in [0.1, 0.15) is 28.0 Å². The van der Waals surface area contributed by atoms with Crippen LogP contribution in [-0.4, -0.2) is 36.9 Å². The number of anilines is 2. The summed E-state index contributed by atoms with van der Waals surface area (Å²) in [6.07, 6.45) is 2.05. The molecule has 1 aliphatic rings. The summed E-state index contributed by atoms with van der Waals surface area (Å²) in [4.78, 5) is 16.3. The van der Waals surface area contributed by atoms with Gasteiger partial charge in [-0.25, -0.2) is 13.4 Å². The van der Waals surface area contributed by atoms with Crippen LogP contribution in [0.2, 0.25) is 0 Å². The minimum Gasteiger partial charge on any atom is -0.354 e. The van der Waals surface area contributed by atoms with E-state index < -0.39 is 9.84 Å². The normalized spacial score (nSPS) is 18.7. The van der Waals surface area contributed by atoms with E-state index >= 15 is 0 Å². The molecule has 1 fully saturated rings. The molecule has 0 saturated carbocycles. The van der Waals surface area contributed by atoms with Gasteiger partial charge in [0.1, 0.15) is 5.69 Å². The average Bonchev–Trinajstić information content (AvgIpc) is 2.90. The first kappa shape index (κ1) is 17.4. The molecule has 2 heterocycles. The van der Waals surface area contributed by atoms with Crippen LogP contribution in [0.25, 0.3) is 0 Å². The van der Waals surface area contributed by atoms with E-state index in [9.17, 15) is 13.2 Å². The third kappa shape index (κ3) is 4.36. The molecule has 2 aromatic rings. The predicted molar refractivity (Wildman–Crippen MR) is 98.0 cm³/mol. The van der Waals surface area contributed by atoms with E-state index in [-0.39, 0.29) is 29.1 Å². The highest BCUT2D eigenvalue weighted by molar-refractivity contribution is 7.91. The first-order valence-electron chi connectivity index (χ1n) is 8.14. The van der Waals surface area contributed by atoms with E-state index in [0.717, 1.165) is 11.4 Å². The van der Waals surface area contributed by atoms with Gasteiger partial charge in [0.15, 0.2) is 9.84 Å². The Labute approximate surface area is 147 Å². The van der Waals surface area contributed by atoms with E-state index in [1.165, 1.54) is 11.1 Å². The highest BCUT2D eigenvalue weighted by Crippen LogP contribution is 2.19. The second-order valence-corrected chi connectivity index (χ2v) is 8.66. The molecule has 0 spiro atoms. The first-order chi connectivity index (χ1) is 11.8. The van der Waals surface area contributed by atoms with Crippen molar-refractivity contribution >= 4 is 27.1 Å². The number of aromatic nitrogens is 1. The summed E-state index contributed by atoms with van der Waals surface area (Å²) in [7, 11) is -3.02. The molecule has 6 nitrogen and oxygen atoms in total. The topological polar surface area (TPSA) is 88.2 Å². The van der Waals surface area contributed by atoms with Gasteiger partial charge in [-0.3, -0.25) is 4.79 Å². The van der Waals surface area contributed by atoms with Gasteiger partial charge in [0, 0.05) is 11.7 Å². The van der Waals surface area contributed by atoms with Crippen LogP contribution >= 0.6 is 0 Å². The minimum absolute atomic E-state index is 0.00511. The summed E-state index contributed by atoms with van der Waals surface area (Å²) < 4.78 is 22.9. The number of rotatable bonds is 4. The predicted octanol–water partition coefficient (Wildman–Crippen LogP) is 2.36. The van der Waals surface area contributed by atoms with Gasteiger partial charge in [-0.05, 0) is 55.7 Å². The van der Waals surface area contributed by atoms with Crippen molar-refractivity contribution < 1.29 is 13.2 Å². The number of carbonyl (C=O) groups is 1. The fourth-order valence-corrected chi connectivity index (χ4v) is 4.43. The summed E-state index contributed by atoms with van der Waals surface area (Å²) in [6, 6.07) is 9.17. The fraction of sp³-hybridized carbons (Fsp3) is 0.333.